The summed E-state index contributed by atoms with van der Waals surface area (Å²) in [5, 5.41) is 11.3. The minimum Gasteiger partial charge on any atom is -0.507 e. The van der Waals surface area contributed by atoms with Crippen molar-refractivity contribution in [3.8, 4) is 0 Å². The summed E-state index contributed by atoms with van der Waals surface area (Å²) < 4.78 is 0.875. The molecule has 1 fully saturated rings. The van der Waals surface area contributed by atoms with Crippen LogP contribution in [0.2, 0.25) is 5.02 Å². The predicted molar refractivity (Wildman–Crippen MR) is 105 cm³/mol. The standard InChI is InChI=1S/C20H15BrClNO3/c1-2-11-23-17(12-3-7-14(21)8-4-12)16(19(25)20(23)26)18(24)13-5-9-15(22)10-6-13/h2-10,17,24H,1,11H2/t17-/m1/s1. The number of ketones is 1. The van der Waals surface area contributed by atoms with Gasteiger partial charge >= 0.3 is 0 Å². The summed E-state index contributed by atoms with van der Waals surface area (Å²) >= 11 is 9.26. The molecule has 1 atom stereocenters. The fourth-order valence-electron chi connectivity index (χ4n) is 2.96. The Bertz CT molecular complexity index is 904. The molecule has 0 radical (unpaired) electrons. The van der Waals surface area contributed by atoms with Gasteiger partial charge in [-0.2, -0.15) is 0 Å². The van der Waals surface area contributed by atoms with Gasteiger partial charge in [-0.15, -0.1) is 6.58 Å². The van der Waals surface area contributed by atoms with E-state index in [9.17, 15) is 14.7 Å². The second-order valence-electron chi connectivity index (χ2n) is 5.80. The molecule has 3 rings (SSSR count). The van der Waals surface area contributed by atoms with E-state index in [-0.39, 0.29) is 17.9 Å². The molecule has 6 heteroatoms. The molecule has 2 aromatic rings. The number of aliphatic hydroxyl groups is 1. The number of benzene rings is 2. The third kappa shape index (κ3) is 3.32. The lowest BCUT2D eigenvalue weighted by Crippen LogP contribution is -2.29. The molecule has 1 aliphatic rings. The van der Waals surface area contributed by atoms with Crippen molar-refractivity contribution in [3.63, 3.8) is 0 Å². The molecular weight excluding hydrogens is 418 g/mol. The van der Waals surface area contributed by atoms with Gasteiger partial charge in [0.15, 0.2) is 0 Å². The average molecular weight is 433 g/mol. The van der Waals surface area contributed by atoms with Crippen LogP contribution in [0.3, 0.4) is 0 Å². The third-order valence-corrected chi connectivity index (χ3v) is 4.95. The lowest BCUT2D eigenvalue weighted by Gasteiger charge is -2.24. The highest BCUT2D eigenvalue weighted by Crippen LogP contribution is 2.39. The summed E-state index contributed by atoms with van der Waals surface area (Å²) in [4.78, 5) is 26.5. The monoisotopic (exact) mass is 431 g/mol. The van der Waals surface area contributed by atoms with Crippen LogP contribution in [0.1, 0.15) is 17.2 Å². The zero-order chi connectivity index (χ0) is 18.8. The molecule has 0 aromatic heterocycles. The molecule has 1 N–H and O–H groups in total. The number of likely N-dealkylation sites (tertiary alicyclic amines) is 1. The Labute approximate surface area is 164 Å². The van der Waals surface area contributed by atoms with Crippen molar-refractivity contribution >= 4 is 45.0 Å². The van der Waals surface area contributed by atoms with Crippen LogP contribution in [0.5, 0.6) is 0 Å². The first-order valence-corrected chi connectivity index (χ1v) is 9.02. The number of nitrogens with zero attached hydrogens (tertiary/aromatic N) is 1. The molecule has 132 valence electrons. The van der Waals surface area contributed by atoms with Crippen LogP contribution < -0.4 is 0 Å². The molecule has 0 aliphatic carbocycles. The second-order valence-corrected chi connectivity index (χ2v) is 7.15. The van der Waals surface area contributed by atoms with Crippen molar-refractivity contribution in [1.82, 2.24) is 4.90 Å². The van der Waals surface area contributed by atoms with E-state index in [1.165, 1.54) is 4.90 Å². The highest BCUT2D eigenvalue weighted by molar-refractivity contribution is 9.10. The number of rotatable bonds is 4. The van der Waals surface area contributed by atoms with Gasteiger partial charge in [0.2, 0.25) is 0 Å². The summed E-state index contributed by atoms with van der Waals surface area (Å²) in [5.41, 5.74) is 1.21. The number of carbonyl (C=O) groups is 2. The molecule has 1 amide bonds. The quantitative estimate of drug-likeness (QED) is 0.329. The minimum absolute atomic E-state index is 0.0569. The molecule has 4 nitrogen and oxygen atoms in total. The largest absolute Gasteiger partial charge is 0.507 e. The van der Waals surface area contributed by atoms with Gasteiger partial charge in [0, 0.05) is 21.6 Å². The smallest absolute Gasteiger partial charge is 0.295 e. The van der Waals surface area contributed by atoms with Crippen LogP contribution >= 0.6 is 27.5 Å². The molecule has 0 unspecified atom stereocenters. The number of halogens is 2. The Morgan fingerprint density at radius 3 is 2.35 bits per heavy atom. The molecule has 0 spiro atoms. The van der Waals surface area contributed by atoms with E-state index in [1.807, 2.05) is 24.3 Å². The maximum Gasteiger partial charge on any atom is 0.295 e. The van der Waals surface area contributed by atoms with E-state index in [0.29, 0.717) is 10.6 Å². The number of hydrogen-bond donors (Lipinski definition) is 1. The van der Waals surface area contributed by atoms with Crippen LogP contribution in [-0.2, 0) is 9.59 Å². The lowest BCUT2D eigenvalue weighted by molar-refractivity contribution is -0.139. The van der Waals surface area contributed by atoms with Crippen molar-refractivity contribution in [2.75, 3.05) is 6.54 Å². The summed E-state index contributed by atoms with van der Waals surface area (Å²) in [7, 11) is 0. The molecular formula is C20H15BrClNO3. The topological polar surface area (TPSA) is 57.6 Å². The number of amides is 1. The van der Waals surface area contributed by atoms with E-state index < -0.39 is 17.7 Å². The molecule has 26 heavy (non-hydrogen) atoms. The van der Waals surface area contributed by atoms with Gasteiger partial charge in [0.25, 0.3) is 11.7 Å². The van der Waals surface area contributed by atoms with Gasteiger partial charge in [-0.3, -0.25) is 9.59 Å². The van der Waals surface area contributed by atoms with E-state index >= 15 is 0 Å². The van der Waals surface area contributed by atoms with Crippen LogP contribution in [-0.4, -0.2) is 28.2 Å². The summed E-state index contributed by atoms with van der Waals surface area (Å²) in [6.07, 6.45) is 1.55. The second kappa shape index (κ2) is 7.48. The van der Waals surface area contributed by atoms with Gasteiger partial charge in [-0.05, 0) is 42.0 Å². The zero-order valence-corrected chi connectivity index (χ0v) is 16.0. The summed E-state index contributed by atoms with van der Waals surface area (Å²) in [5.74, 6) is -1.60. The Kier molecular flexibility index (Phi) is 5.30. The first-order chi connectivity index (χ1) is 12.4. The van der Waals surface area contributed by atoms with Crippen molar-refractivity contribution in [2.24, 2.45) is 0 Å². The Morgan fingerprint density at radius 2 is 1.77 bits per heavy atom. The Morgan fingerprint density at radius 1 is 1.15 bits per heavy atom. The Balaban J connectivity index is 2.18. The number of carbonyl (C=O) groups excluding carboxylic acids is 2. The molecule has 2 aromatic carbocycles. The first kappa shape index (κ1) is 18.4. The SMILES string of the molecule is C=CCN1C(=O)C(=O)C(=C(O)c2ccc(Cl)cc2)[C@H]1c1ccc(Br)cc1. The number of Topliss-reactive ketones (excluding diaryl/α,β-unsaturated/α-hetero) is 1. The van der Waals surface area contributed by atoms with Gasteiger partial charge in [-0.25, -0.2) is 0 Å². The van der Waals surface area contributed by atoms with Gasteiger partial charge in [0.05, 0.1) is 11.6 Å². The molecule has 0 bridgehead atoms. The highest BCUT2D eigenvalue weighted by atomic mass is 79.9. The summed E-state index contributed by atoms with van der Waals surface area (Å²) in [6, 6.07) is 13.0. The molecule has 0 saturated carbocycles. The first-order valence-electron chi connectivity index (χ1n) is 7.84. The van der Waals surface area contributed by atoms with E-state index in [4.69, 9.17) is 11.6 Å². The van der Waals surface area contributed by atoms with Crippen LogP contribution in [0.25, 0.3) is 5.76 Å². The molecule has 1 saturated heterocycles. The van der Waals surface area contributed by atoms with Crippen LogP contribution in [0.4, 0.5) is 0 Å². The van der Waals surface area contributed by atoms with E-state index in [2.05, 4.69) is 22.5 Å². The predicted octanol–water partition coefficient (Wildman–Crippen LogP) is 4.71. The fourth-order valence-corrected chi connectivity index (χ4v) is 3.35. The third-order valence-electron chi connectivity index (χ3n) is 4.17. The molecule has 1 heterocycles. The van der Waals surface area contributed by atoms with E-state index in [0.717, 1.165) is 10.0 Å². The van der Waals surface area contributed by atoms with Crippen LogP contribution in [0, 0.1) is 0 Å². The maximum absolute atomic E-state index is 12.6. The minimum atomic E-state index is -0.716. The Hall–Kier alpha value is -2.37. The number of hydrogen-bond acceptors (Lipinski definition) is 3. The number of aliphatic hydroxyl groups excluding tert-OH is 1. The van der Waals surface area contributed by atoms with Gasteiger partial charge in [0.1, 0.15) is 5.76 Å². The van der Waals surface area contributed by atoms with Crippen LogP contribution in [0.15, 0.2) is 71.2 Å². The van der Waals surface area contributed by atoms with Crippen molar-refractivity contribution in [3.05, 3.63) is 87.4 Å². The van der Waals surface area contributed by atoms with Crippen molar-refractivity contribution < 1.29 is 14.7 Å². The molecule has 1 aliphatic heterocycles. The highest BCUT2D eigenvalue weighted by Gasteiger charge is 2.45. The summed E-state index contributed by atoms with van der Waals surface area (Å²) in [6.45, 7) is 3.85. The average Bonchev–Trinajstić information content (AvgIpc) is 2.88. The fraction of sp³-hybridized carbons (Fsp3) is 0.100. The van der Waals surface area contributed by atoms with Crippen molar-refractivity contribution in [2.45, 2.75) is 6.04 Å². The van der Waals surface area contributed by atoms with Gasteiger partial charge < -0.3 is 10.0 Å². The zero-order valence-electron chi connectivity index (χ0n) is 13.7. The maximum atomic E-state index is 12.6. The lowest BCUT2D eigenvalue weighted by atomic mass is 9.95. The van der Waals surface area contributed by atoms with Gasteiger partial charge in [-0.1, -0.05) is 45.7 Å². The van der Waals surface area contributed by atoms with Crippen molar-refractivity contribution in [1.29, 1.82) is 0 Å². The normalized spacial score (nSPS) is 19.0. The van der Waals surface area contributed by atoms with E-state index in [1.54, 1.807) is 30.3 Å².